The van der Waals surface area contributed by atoms with Gasteiger partial charge in [-0.2, -0.15) is 0 Å². The van der Waals surface area contributed by atoms with Gasteiger partial charge < -0.3 is 15.1 Å². The maximum atomic E-state index is 13.2. The molecule has 1 atom stereocenters. The molecule has 1 spiro atoms. The fraction of sp³-hybridized carbons (Fsp3) is 0.650. The lowest BCUT2D eigenvalue weighted by molar-refractivity contribution is -0.141. The van der Waals surface area contributed by atoms with Crippen molar-refractivity contribution in [3.63, 3.8) is 0 Å². The second kappa shape index (κ2) is 7.56. The van der Waals surface area contributed by atoms with Crippen molar-refractivity contribution >= 4 is 11.8 Å². The Morgan fingerprint density at radius 2 is 2.15 bits per heavy atom. The molecule has 3 saturated heterocycles. The molecule has 4 heterocycles. The lowest BCUT2D eigenvalue weighted by atomic mass is 9.84. The number of nitrogens with zero attached hydrogens (tertiary/aromatic N) is 4. The van der Waals surface area contributed by atoms with Crippen LogP contribution in [0.4, 0.5) is 0 Å². The molecule has 3 aliphatic rings. The van der Waals surface area contributed by atoms with Gasteiger partial charge >= 0.3 is 0 Å². The van der Waals surface area contributed by atoms with Crippen molar-refractivity contribution in [2.24, 2.45) is 5.92 Å². The van der Waals surface area contributed by atoms with Gasteiger partial charge in [-0.3, -0.25) is 19.5 Å². The highest BCUT2D eigenvalue weighted by Crippen LogP contribution is 2.31. The van der Waals surface area contributed by atoms with Crippen molar-refractivity contribution in [2.75, 3.05) is 46.3 Å². The van der Waals surface area contributed by atoms with Crippen LogP contribution in [0.2, 0.25) is 0 Å². The van der Waals surface area contributed by atoms with Gasteiger partial charge in [0.05, 0.1) is 5.92 Å². The van der Waals surface area contributed by atoms with Crippen molar-refractivity contribution in [3.8, 4) is 0 Å². The largest absolute Gasteiger partial charge is 0.339 e. The van der Waals surface area contributed by atoms with Crippen LogP contribution in [0, 0.1) is 5.92 Å². The molecule has 0 saturated carbocycles. The third kappa shape index (κ3) is 3.71. The van der Waals surface area contributed by atoms with Crippen LogP contribution in [-0.2, 0) is 16.1 Å². The Hall–Kier alpha value is -1.99. The van der Waals surface area contributed by atoms with Crippen LogP contribution in [0.5, 0.6) is 0 Å². The van der Waals surface area contributed by atoms with Crippen molar-refractivity contribution in [3.05, 3.63) is 30.1 Å². The Balaban J connectivity index is 1.40. The van der Waals surface area contributed by atoms with Crippen LogP contribution in [0.1, 0.15) is 24.8 Å². The van der Waals surface area contributed by atoms with Gasteiger partial charge in [-0.1, -0.05) is 6.07 Å². The first-order valence-corrected chi connectivity index (χ1v) is 9.95. The number of likely N-dealkylation sites (tertiary alicyclic amines) is 1. The summed E-state index contributed by atoms with van der Waals surface area (Å²) in [5.41, 5.74) is 1.10. The number of amides is 2. The quantitative estimate of drug-likeness (QED) is 0.829. The fourth-order valence-electron chi connectivity index (χ4n) is 4.74. The van der Waals surface area contributed by atoms with E-state index < -0.39 is 0 Å². The van der Waals surface area contributed by atoms with E-state index in [1.165, 1.54) is 0 Å². The molecule has 3 aliphatic heterocycles. The van der Waals surface area contributed by atoms with E-state index in [1.807, 2.05) is 17.0 Å². The van der Waals surface area contributed by atoms with Gasteiger partial charge in [0.1, 0.15) is 0 Å². The summed E-state index contributed by atoms with van der Waals surface area (Å²) < 4.78 is 0. The highest BCUT2D eigenvalue weighted by atomic mass is 16.2. The number of hydrogen-bond donors (Lipinski definition) is 1. The van der Waals surface area contributed by atoms with Crippen LogP contribution >= 0.6 is 0 Å². The smallest absolute Gasteiger partial charge is 0.228 e. The van der Waals surface area contributed by atoms with Crippen molar-refractivity contribution in [2.45, 2.75) is 31.3 Å². The normalized spacial score (nSPS) is 26.0. The minimum Gasteiger partial charge on any atom is -0.339 e. The molecular formula is C20H29N5O2. The minimum absolute atomic E-state index is 0.0721. The number of likely N-dealkylation sites (N-methyl/N-ethyl adjacent to an activating group) is 1. The predicted molar refractivity (Wildman–Crippen MR) is 102 cm³/mol. The zero-order chi connectivity index (χ0) is 18.9. The second-order valence-corrected chi connectivity index (χ2v) is 8.19. The van der Waals surface area contributed by atoms with Crippen LogP contribution in [0.25, 0.3) is 0 Å². The Labute approximate surface area is 160 Å². The molecule has 7 nitrogen and oxygen atoms in total. The number of carbonyl (C=O) groups is 2. The number of rotatable bonds is 3. The lowest BCUT2D eigenvalue weighted by Crippen LogP contribution is -2.65. The summed E-state index contributed by atoms with van der Waals surface area (Å²) in [5.74, 6) is 0.0160. The van der Waals surface area contributed by atoms with Crippen molar-refractivity contribution in [1.29, 1.82) is 0 Å². The monoisotopic (exact) mass is 371 g/mol. The second-order valence-electron chi connectivity index (χ2n) is 8.19. The number of piperidine rings is 1. The number of carbonyl (C=O) groups excluding carboxylic acids is 2. The van der Waals surface area contributed by atoms with E-state index >= 15 is 0 Å². The topological polar surface area (TPSA) is 68.8 Å². The average Bonchev–Trinajstić information content (AvgIpc) is 3.05. The molecule has 7 heteroatoms. The zero-order valence-corrected chi connectivity index (χ0v) is 16.1. The van der Waals surface area contributed by atoms with Gasteiger partial charge in [0.2, 0.25) is 11.8 Å². The van der Waals surface area contributed by atoms with Gasteiger partial charge in [0, 0.05) is 57.1 Å². The molecule has 3 fully saturated rings. The fourth-order valence-corrected chi connectivity index (χ4v) is 4.74. The first-order chi connectivity index (χ1) is 13.1. The third-order valence-corrected chi connectivity index (χ3v) is 6.51. The van der Waals surface area contributed by atoms with Gasteiger partial charge in [-0.05, 0) is 44.6 Å². The molecule has 1 N–H and O–H groups in total. The SMILES string of the molecule is CN1CCN(C(=O)[C@@H]2CC(=O)N(Cc3cccnc3)C2)CC12CCNCC2. The highest BCUT2D eigenvalue weighted by Gasteiger charge is 2.44. The molecule has 0 radical (unpaired) electrons. The van der Waals surface area contributed by atoms with Gasteiger partial charge in [0.25, 0.3) is 0 Å². The van der Waals surface area contributed by atoms with Gasteiger partial charge in [-0.15, -0.1) is 0 Å². The van der Waals surface area contributed by atoms with Crippen LogP contribution in [0.3, 0.4) is 0 Å². The lowest BCUT2D eigenvalue weighted by Gasteiger charge is -2.51. The van der Waals surface area contributed by atoms with Crippen molar-refractivity contribution in [1.82, 2.24) is 25.0 Å². The molecule has 1 aromatic heterocycles. The first-order valence-electron chi connectivity index (χ1n) is 9.95. The summed E-state index contributed by atoms with van der Waals surface area (Å²) >= 11 is 0. The van der Waals surface area contributed by atoms with E-state index in [-0.39, 0.29) is 23.3 Å². The molecule has 2 amide bonds. The summed E-state index contributed by atoms with van der Waals surface area (Å²) in [6.45, 7) is 5.53. The Bertz CT molecular complexity index is 689. The summed E-state index contributed by atoms with van der Waals surface area (Å²) in [4.78, 5) is 36.0. The average molecular weight is 371 g/mol. The van der Waals surface area contributed by atoms with E-state index in [9.17, 15) is 9.59 Å². The summed E-state index contributed by atoms with van der Waals surface area (Å²) in [7, 11) is 2.18. The Kier molecular flexibility index (Phi) is 5.14. The van der Waals surface area contributed by atoms with E-state index in [4.69, 9.17) is 0 Å². The molecule has 0 unspecified atom stereocenters. The molecule has 0 aromatic carbocycles. The summed E-state index contributed by atoms with van der Waals surface area (Å²) in [5, 5.41) is 3.42. The standard InChI is InChI=1S/C20H29N5O2/c1-23-9-10-24(15-20(23)4-7-21-8-5-20)19(27)17-11-18(26)25(14-17)13-16-3-2-6-22-12-16/h2-3,6,12,17,21H,4-5,7-11,13-15H2,1H3/t17-/m1/s1. The summed E-state index contributed by atoms with van der Waals surface area (Å²) in [6, 6.07) is 3.85. The zero-order valence-electron chi connectivity index (χ0n) is 16.1. The minimum atomic E-state index is -0.212. The predicted octanol–water partition coefficient (Wildman–Crippen LogP) is 0.326. The van der Waals surface area contributed by atoms with Gasteiger partial charge in [0.15, 0.2) is 0 Å². The van der Waals surface area contributed by atoms with E-state index in [1.54, 1.807) is 17.3 Å². The molecule has 146 valence electrons. The molecular weight excluding hydrogens is 342 g/mol. The Morgan fingerprint density at radius 3 is 2.89 bits per heavy atom. The van der Waals surface area contributed by atoms with E-state index in [0.717, 1.165) is 51.1 Å². The van der Waals surface area contributed by atoms with Crippen LogP contribution in [0.15, 0.2) is 24.5 Å². The first kappa shape index (κ1) is 18.4. The maximum Gasteiger partial charge on any atom is 0.228 e. The van der Waals surface area contributed by atoms with Gasteiger partial charge in [-0.25, -0.2) is 0 Å². The number of aromatic nitrogens is 1. The van der Waals surface area contributed by atoms with E-state index in [2.05, 4.69) is 22.2 Å². The number of pyridine rings is 1. The molecule has 4 rings (SSSR count). The highest BCUT2D eigenvalue weighted by molar-refractivity contribution is 5.89. The molecule has 1 aromatic rings. The van der Waals surface area contributed by atoms with Crippen LogP contribution < -0.4 is 5.32 Å². The molecule has 0 aliphatic carbocycles. The van der Waals surface area contributed by atoms with Crippen molar-refractivity contribution < 1.29 is 9.59 Å². The van der Waals surface area contributed by atoms with E-state index in [0.29, 0.717) is 19.5 Å². The number of hydrogen-bond acceptors (Lipinski definition) is 5. The maximum absolute atomic E-state index is 13.2. The number of nitrogens with one attached hydrogen (secondary N) is 1. The summed E-state index contributed by atoms with van der Waals surface area (Å²) in [6.07, 6.45) is 5.99. The third-order valence-electron chi connectivity index (χ3n) is 6.51. The number of piperazine rings is 1. The Morgan fingerprint density at radius 1 is 1.33 bits per heavy atom. The van der Waals surface area contributed by atoms with Crippen LogP contribution in [-0.4, -0.2) is 83.4 Å². The molecule has 27 heavy (non-hydrogen) atoms. The molecule has 0 bridgehead atoms.